The van der Waals surface area contributed by atoms with Crippen molar-refractivity contribution in [1.82, 2.24) is 5.32 Å². The summed E-state index contributed by atoms with van der Waals surface area (Å²) < 4.78 is 9.47. The first-order chi connectivity index (χ1) is 9.11. The van der Waals surface area contributed by atoms with Crippen LogP contribution in [0.1, 0.15) is 58.8 Å². The molecule has 0 aromatic carbocycles. The molecule has 0 aromatic heterocycles. The third-order valence-electron chi connectivity index (χ3n) is 2.87. The maximum Gasteiger partial charge on any atom is 0.407 e. The first-order valence-corrected chi connectivity index (χ1v) is 7.13. The minimum absolute atomic E-state index is 0.416. The molecule has 5 heteroatoms. The van der Waals surface area contributed by atoms with Gasteiger partial charge in [0.25, 0.3) is 0 Å². The van der Waals surface area contributed by atoms with Crippen LogP contribution in [0, 0.1) is 0 Å². The van der Waals surface area contributed by atoms with Crippen LogP contribution >= 0.6 is 0 Å². The van der Waals surface area contributed by atoms with Crippen LogP contribution in [0.4, 0.5) is 4.79 Å². The summed E-state index contributed by atoms with van der Waals surface area (Å²) in [5, 5.41) is 2.37. The number of hydrogen-bond acceptors (Lipinski definition) is 4. The van der Waals surface area contributed by atoms with Gasteiger partial charge in [-0.05, 0) is 13.3 Å². The fourth-order valence-electron chi connectivity index (χ4n) is 1.65. The zero-order valence-corrected chi connectivity index (χ0v) is 12.4. The summed E-state index contributed by atoms with van der Waals surface area (Å²) >= 11 is 0. The Morgan fingerprint density at radius 1 is 1.05 bits per heavy atom. The van der Waals surface area contributed by atoms with E-state index in [1.807, 2.05) is 0 Å². The molecule has 0 aliphatic rings. The number of carbonyl (C=O) groups is 2. The average Bonchev–Trinajstić information content (AvgIpc) is 2.41. The number of nitrogens with one attached hydrogen (secondary N) is 1. The maximum atomic E-state index is 11.5. The van der Waals surface area contributed by atoms with Crippen LogP contribution < -0.4 is 5.32 Å². The first kappa shape index (κ1) is 17.7. The SMILES string of the molecule is CCCCCCCCCOC(=O)[C@H](C)NC(=O)OC. The maximum absolute atomic E-state index is 11.5. The predicted molar refractivity (Wildman–Crippen MR) is 74.0 cm³/mol. The Morgan fingerprint density at radius 3 is 2.21 bits per heavy atom. The number of hydrogen-bond donors (Lipinski definition) is 1. The molecule has 0 radical (unpaired) electrons. The van der Waals surface area contributed by atoms with Crippen LogP contribution in [-0.4, -0.2) is 31.8 Å². The van der Waals surface area contributed by atoms with Gasteiger partial charge >= 0.3 is 12.1 Å². The van der Waals surface area contributed by atoms with Crippen LogP contribution in [0.2, 0.25) is 0 Å². The van der Waals surface area contributed by atoms with Gasteiger partial charge in [-0.25, -0.2) is 9.59 Å². The molecule has 5 nitrogen and oxygen atoms in total. The number of amides is 1. The van der Waals surface area contributed by atoms with Gasteiger partial charge < -0.3 is 14.8 Å². The van der Waals surface area contributed by atoms with Gasteiger partial charge in [0.2, 0.25) is 0 Å². The molecule has 0 aliphatic carbocycles. The summed E-state index contributed by atoms with van der Waals surface area (Å²) in [7, 11) is 1.26. The third-order valence-corrected chi connectivity index (χ3v) is 2.87. The Hall–Kier alpha value is -1.26. The summed E-state index contributed by atoms with van der Waals surface area (Å²) in [5.41, 5.74) is 0. The van der Waals surface area contributed by atoms with Crippen molar-refractivity contribution in [1.29, 1.82) is 0 Å². The van der Waals surface area contributed by atoms with Crippen molar-refractivity contribution in [2.24, 2.45) is 0 Å². The van der Waals surface area contributed by atoms with E-state index in [2.05, 4.69) is 17.0 Å². The standard InChI is InChI=1S/C14H27NO4/c1-4-5-6-7-8-9-10-11-19-13(16)12(2)15-14(17)18-3/h12H,4-11H2,1-3H3,(H,15,17)/t12-/m0/s1. The van der Waals surface area contributed by atoms with E-state index in [-0.39, 0.29) is 0 Å². The highest BCUT2D eigenvalue weighted by Gasteiger charge is 2.16. The smallest absolute Gasteiger partial charge is 0.407 e. The Labute approximate surface area is 116 Å². The molecule has 1 atom stereocenters. The number of carbonyl (C=O) groups excluding carboxylic acids is 2. The largest absolute Gasteiger partial charge is 0.464 e. The minimum atomic E-state index is -0.669. The van der Waals surface area contributed by atoms with Gasteiger partial charge in [0.05, 0.1) is 13.7 Å². The quantitative estimate of drug-likeness (QED) is 0.491. The molecule has 1 amide bonds. The summed E-state index contributed by atoms with van der Waals surface area (Å²) in [4.78, 5) is 22.4. The number of alkyl carbamates (subject to hydrolysis) is 1. The second kappa shape index (κ2) is 11.8. The van der Waals surface area contributed by atoms with Gasteiger partial charge in [-0.3, -0.25) is 0 Å². The highest BCUT2D eigenvalue weighted by Crippen LogP contribution is 2.07. The molecule has 0 aromatic rings. The van der Waals surface area contributed by atoms with E-state index < -0.39 is 18.1 Å². The second-order valence-corrected chi connectivity index (χ2v) is 4.65. The van der Waals surface area contributed by atoms with Crippen LogP contribution in [-0.2, 0) is 14.3 Å². The molecule has 0 aliphatic heterocycles. The highest BCUT2D eigenvalue weighted by atomic mass is 16.5. The van der Waals surface area contributed by atoms with Crippen molar-refractivity contribution in [3.05, 3.63) is 0 Å². The zero-order chi connectivity index (χ0) is 14.5. The fourth-order valence-corrected chi connectivity index (χ4v) is 1.65. The van der Waals surface area contributed by atoms with E-state index in [1.165, 1.54) is 39.2 Å². The fraction of sp³-hybridized carbons (Fsp3) is 0.857. The number of rotatable bonds is 10. The van der Waals surface area contributed by atoms with E-state index in [1.54, 1.807) is 6.92 Å². The molecule has 0 fully saturated rings. The number of unbranched alkanes of at least 4 members (excludes halogenated alkanes) is 6. The lowest BCUT2D eigenvalue weighted by Gasteiger charge is -2.12. The van der Waals surface area contributed by atoms with Crippen molar-refractivity contribution >= 4 is 12.1 Å². The molecule has 0 saturated carbocycles. The molecule has 0 unspecified atom stereocenters. The van der Waals surface area contributed by atoms with E-state index in [4.69, 9.17) is 4.74 Å². The van der Waals surface area contributed by atoms with Gasteiger partial charge in [0.1, 0.15) is 6.04 Å². The van der Waals surface area contributed by atoms with E-state index >= 15 is 0 Å². The molecule has 0 heterocycles. The second-order valence-electron chi connectivity index (χ2n) is 4.65. The van der Waals surface area contributed by atoms with Gasteiger partial charge in [-0.2, -0.15) is 0 Å². The van der Waals surface area contributed by atoms with Gasteiger partial charge in [-0.15, -0.1) is 0 Å². The molecular weight excluding hydrogens is 246 g/mol. The molecule has 0 bridgehead atoms. The molecule has 0 spiro atoms. The van der Waals surface area contributed by atoms with Crippen LogP contribution in [0.5, 0.6) is 0 Å². The lowest BCUT2D eigenvalue weighted by Crippen LogP contribution is -2.39. The normalized spacial score (nSPS) is 11.7. The van der Waals surface area contributed by atoms with E-state index in [0.717, 1.165) is 12.8 Å². The topological polar surface area (TPSA) is 64.6 Å². The van der Waals surface area contributed by atoms with Crippen molar-refractivity contribution in [2.45, 2.75) is 64.8 Å². The van der Waals surface area contributed by atoms with Crippen molar-refractivity contribution in [3.8, 4) is 0 Å². The number of esters is 1. The summed E-state index contributed by atoms with van der Waals surface area (Å²) in [6, 6.07) is -0.669. The van der Waals surface area contributed by atoms with Crippen molar-refractivity contribution in [3.63, 3.8) is 0 Å². The van der Waals surface area contributed by atoms with Gasteiger partial charge in [0.15, 0.2) is 0 Å². The van der Waals surface area contributed by atoms with Gasteiger partial charge in [-0.1, -0.05) is 45.4 Å². The summed E-state index contributed by atoms with van der Waals surface area (Å²) in [6.07, 6.45) is 7.61. The molecule has 1 N–H and O–H groups in total. The summed E-state index contributed by atoms with van der Waals surface area (Å²) in [6.45, 7) is 4.19. The van der Waals surface area contributed by atoms with Crippen LogP contribution in [0.25, 0.3) is 0 Å². The monoisotopic (exact) mass is 273 g/mol. The molecular formula is C14H27NO4. The first-order valence-electron chi connectivity index (χ1n) is 7.13. The zero-order valence-electron chi connectivity index (χ0n) is 12.4. The average molecular weight is 273 g/mol. The lowest BCUT2D eigenvalue weighted by atomic mass is 10.1. The van der Waals surface area contributed by atoms with Crippen LogP contribution in [0.3, 0.4) is 0 Å². The van der Waals surface area contributed by atoms with Crippen LogP contribution in [0.15, 0.2) is 0 Å². The molecule has 19 heavy (non-hydrogen) atoms. The molecule has 112 valence electrons. The Morgan fingerprint density at radius 2 is 1.63 bits per heavy atom. The van der Waals surface area contributed by atoms with E-state index in [0.29, 0.717) is 6.61 Å². The predicted octanol–water partition coefficient (Wildman–Crippen LogP) is 3.02. The van der Waals surface area contributed by atoms with Crippen molar-refractivity contribution < 1.29 is 19.1 Å². The Balaban J connectivity index is 3.45. The summed E-state index contributed by atoms with van der Waals surface area (Å²) in [5.74, 6) is -0.420. The molecule has 0 saturated heterocycles. The lowest BCUT2D eigenvalue weighted by molar-refractivity contribution is -0.145. The van der Waals surface area contributed by atoms with Crippen molar-refractivity contribution in [2.75, 3.05) is 13.7 Å². The van der Waals surface area contributed by atoms with E-state index in [9.17, 15) is 9.59 Å². The molecule has 0 rings (SSSR count). The number of ether oxygens (including phenoxy) is 2. The number of methoxy groups -OCH3 is 1. The third kappa shape index (κ3) is 10.4. The van der Waals surface area contributed by atoms with Gasteiger partial charge in [0, 0.05) is 0 Å². The Bertz CT molecular complexity index is 256. The minimum Gasteiger partial charge on any atom is -0.464 e. The Kier molecular flexibility index (Phi) is 11.0. The highest BCUT2D eigenvalue weighted by molar-refractivity contribution is 5.80.